The lowest BCUT2D eigenvalue weighted by molar-refractivity contribution is -0.125. The number of nitrogens with zero attached hydrogens (tertiary/aromatic N) is 2. The van der Waals surface area contributed by atoms with Crippen molar-refractivity contribution in [3.63, 3.8) is 0 Å². The van der Waals surface area contributed by atoms with Crippen LogP contribution in [0, 0.1) is 5.92 Å². The number of hydrogen-bond acceptors (Lipinski definition) is 2. The van der Waals surface area contributed by atoms with Crippen LogP contribution in [0.2, 0.25) is 0 Å². The van der Waals surface area contributed by atoms with E-state index in [9.17, 15) is 4.79 Å². The number of amides is 1. The maximum atomic E-state index is 12.4. The molecule has 1 atom stereocenters. The second kappa shape index (κ2) is 6.89. The van der Waals surface area contributed by atoms with Gasteiger partial charge >= 0.3 is 0 Å². The van der Waals surface area contributed by atoms with Crippen molar-refractivity contribution in [3.05, 3.63) is 54.6 Å². The van der Waals surface area contributed by atoms with Crippen molar-refractivity contribution in [1.82, 2.24) is 14.9 Å². The number of carbonyl (C=O) groups excluding carboxylic acids is 1. The summed E-state index contributed by atoms with van der Waals surface area (Å²) in [7, 11) is 0. The summed E-state index contributed by atoms with van der Waals surface area (Å²) >= 11 is 0. The molecular formula is C16H21N3O. The van der Waals surface area contributed by atoms with Crippen molar-refractivity contribution < 1.29 is 4.79 Å². The van der Waals surface area contributed by atoms with E-state index in [4.69, 9.17) is 0 Å². The maximum Gasteiger partial charge on any atom is 0.243 e. The van der Waals surface area contributed by atoms with Crippen molar-refractivity contribution in [3.8, 4) is 0 Å². The van der Waals surface area contributed by atoms with Gasteiger partial charge in [-0.25, -0.2) is 0 Å². The minimum absolute atomic E-state index is 0.0422. The van der Waals surface area contributed by atoms with Crippen LogP contribution in [0.3, 0.4) is 0 Å². The molecule has 2 aromatic rings. The predicted molar refractivity (Wildman–Crippen MR) is 79.0 cm³/mol. The summed E-state index contributed by atoms with van der Waals surface area (Å²) in [5.41, 5.74) is 0.872. The fourth-order valence-corrected chi connectivity index (χ4v) is 2.16. The van der Waals surface area contributed by atoms with Crippen molar-refractivity contribution in [2.75, 3.05) is 0 Å². The summed E-state index contributed by atoms with van der Waals surface area (Å²) in [6, 6.07) is 9.43. The Morgan fingerprint density at radius 2 is 2.00 bits per heavy atom. The zero-order valence-electron chi connectivity index (χ0n) is 12.0. The summed E-state index contributed by atoms with van der Waals surface area (Å²) in [6.07, 6.45) is 6.43. The van der Waals surface area contributed by atoms with Crippen molar-refractivity contribution in [2.45, 2.75) is 32.9 Å². The fraction of sp³-hybridized carbons (Fsp3) is 0.375. The standard InChI is InChI=1S/C16H21N3O/c1-13(2)11-15(19-9-5-6-10-19)16(20)18-12-14-7-3-4-8-17-14/h3-10,13,15H,11-12H2,1-2H3,(H,18,20)/t15-/m0/s1. The number of hydrogen-bond donors (Lipinski definition) is 1. The van der Waals surface area contributed by atoms with Crippen molar-refractivity contribution in [2.24, 2.45) is 5.92 Å². The molecule has 0 aliphatic heterocycles. The van der Waals surface area contributed by atoms with Gasteiger partial charge in [-0.05, 0) is 36.6 Å². The summed E-state index contributed by atoms with van der Waals surface area (Å²) in [6.45, 7) is 4.72. The first-order chi connectivity index (χ1) is 9.66. The Kier molecular flexibility index (Phi) is 4.93. The first kappa shape index (κ1) is 14.3. The molecule has 106 valence electrons. The summed E-state index contributed by atoms with van der Waals surface area (Å²) < 4.78 is 1.97. The molecule has 0 bridgehead atoms. The van der Waals surface area contributed by atoms with Gasteiger partial charge in [0.15, 0.2) is 0 Å². The number of carbonyl (C=O) groups is 1. The molecule has 0 aliphatic carbocycles. The molecule has 0 fully saturated rings. The second-order valence-corrected chi connectivity index (χ2v) is 5.31. The lowest BCUT2D eigenvalue weighted by atomic mass is 10.0. The van der Waals surface area contributed by atoms with Gasteiger partial charge in [0.2, 0.25) is 5.91 Å². The molecule has 1 amide bonds. The summed E-state index contributed by atoms with van der Waals surface area (Å²) in [5, 5.41) is 2.97. The fourth-order valence-electron chi connectivity index (χ4n) is 2.16. The van der Waals surface area contributed by atoms with Crippen molar-refractivity contribution in [1.29, 1.82) is 0 Å². The van der Waals surface area contributed by atoms with Crippen molar-refractivity contribution >= 4 is 5.91 Å². The highest BCUT2D eigenvalue weighted by Crippen LogP contribution is 2.18. The van der Waals surface area contributed by atoms with Gasteiger partial charge in [-0.3, -0.25) is 9.78 Å². The molecule has 2 heterocycles. The number of pyridine rings is 1. The average Bonchev–Trinajstić information content (AvgIpc) is 2.97. The van der Waals surface area contributed by atoms with Crippen LogP contribution in [0.1, 0.15) is 32.0 Å². The summed E-state index contributed by atoms with van der Waals surface area (Å²) in [4.78, 5) is 16.6. The number of rotatable bonds is 6. The van der Waals surface area contributed by atoms with Gasteiger partial charge < -0.3 is 9.88 Å². The molecule has 0 saturated carbocycles. The highest BCUT2D eigenvalue weighted by Gasteiger charge is 2.20. The molecule has 4 nitrogen and oxygen atoms in total. The molecule has 1 N–H and O–H groups in total. The van der Waals surface area contributed by atoms with Crippen LogP contribution in [0.4, 0.5) is 0 Å². The van der Waals surface area contributed by atoms with E-state index in [1.807, 2.05) is 47.3 Å². The normalized spacial score (nSPS) is 12.3. The van der Waals surface area contributed by atoms with Crippen LogP contribution in [-0.2, 0) is 11.3 Å². The van der Waals surface area contributed by atoms with Gasteiger partial charge in [-0.2, -0.15) is 0 Å². The highest BCUT2D eigenvalue weighted by atomic mass is 16.2. The van der Waals surface area contributed by atoms with Crippen LogP contribution in [0.25, 0.3) is 0 Å². The summed E-state index contributed by atoms with van der Waals surface area (Å²) in [5.74, 6) is 0.503. The van der Waals surface area contributed by atoms with Gasteiger partial charge in [0.1, 0.15) is 6.04 Å². The molecule has 0 saturated heterocycles. The smallest absolute Gasteiger partial charge is 0.243 e. The van der Waals surface area contributed by atoms with E-state index >= 15 is 0 Å². The average molecular weight is 271 g/mol. The monoisotopic (exact) mass is 271 g/mol. The van der Waals surface area contributed by atoms with E-state index in [0.29, 0.717) is 12.5 Å². The van der Waals surface area contributed by atoms with E-state index in [-0.39, 0.29) is 11.9 Å². The van der Waals surface area contributed by atoms with E-state index < -0.39 is 0 Å². The van der Waals surface area contributed by atoms with E-state index in [0.717, 1.165) is 12.1 Å². The third-order valence-electron chi connectivity index (χ3n) is 3.15. The Balaban J connectivity index is 2.00. The predicted octanol–water partition coefficient (Wildman–Crippen LogP) is 2.79. The van der Waals surface area contributed by atoms with Crippen LogP contribution >= 0.6 is 0 Å². The van der Waals surface area contributed by atoms with Gasteiger partial charge in [0, 0.05) is 18.6 Å². The third kappa shape index (κ3) is 3.95. The molecule has 0 aliphatic rings. The van der Waals surface area contributed by atoms with Gasteiger partial charge in [0.25, 0.3) is 0 Å². The first-order valence-electron chi connectivity index (χ1n) is 6.97. The van der Waals surface area contributed by atoms with Crippen LogP contribution in [-0.4, -0.2) is 15.5 Å². The molecule has 0 unspecified atom stereocenters. The molecule has 4 heteroatoms. The van der Waals surface area contributed by atoms with Crippen LogP contribution < -0.4 is 5.32 Å². The largest absolute Gasteiger partial charge is 0.349 e. The molecule has 2 aromatic heterocycles. The van der Waals surface area contributed by atoms with E-state index in [1.54, 1.807) is 6.20 Å². The Morgan fingerprint density at radius 1 is 1.25 bits per heavy atom. The minimum Gasteiger partial charge on any atom is -0.349 e. The topological polar surface area (TPSA) is 46.9 Å². The first-order valence-corrected chi connectivity index (χ1v) is 6.97. The molecule has 2 rings (SSSR count). The van der Waals surface area contributed by atoms with Crippen LogP contribution in [0.15, 0.2) is 48.9 Å². The molecule has 0 radical (unpaired) electrons. The van der Waals surface area contributed by atoms with E-state index in [2.05, 4.69) is 24.1 Å². The quantitative estimate of drug-likeness (QED) is 0.878. The Bertz CT molecular complexity index is 520. The molecule has 0 aromatic carbocycles. The minimum atomic E-state index is -0.159. The maximum absolute atomic E-state index is 12.4. The molecule has 0 spiro atoms. The third-order valence-corrected chi connectivity index (χ3v) is 3.15. The van der Waals surface area contributed by atoms with E-state index in [1.165, 1.54) is 0 Å². The lowest BCUT2D eigenvalue weighted by Gasteiger charge is -2.20. The highest BCUT2D eigenvalue weighted by molar-refractivity contribution is 5.80. The zero-order valence-corrected chi connectivity index (χ0v) is 12.0. The SMILES string of the molecule is CC(C)C[C@@H](C(=O)NCc1ccccn1)n1cccc1. The second-order valence-electron chi connectivity index (χ2n) is 5.31. The van der Waals surface area contributed by atoms with Gasteiger partial charge in [0.05, 0.1) is 12.2 Å². The number of nitrogens with one attached hydrogen (secondary N) is 1. The number of aromatic nitrogens is 2. The van der Waals surface area contributed by atoms with Gasteiger partial charge in [-0.15, -0.1) is 0 Å². The van der Waals surface area contributed by atoms with Gasteiger partial charge in [-0.1, -0.05) is 19.9 Å². The Hall–Kier alpha value is -2.10. The molecular weight excluding hydrogens is 250 g/mol. The lowest BCUT2D eigenvalue weighted by Crippen LogP contribution is -2.32. The Labute approximate surface area is 119 Å². The molecule has 20 heavy (non-hydrogen) atoms. The van der Waals surface area contributed by atoms with Crippen LogP contribution in [0.5, 0.6) is 0 Å². The Morgan fingerprint density at radius 3 is 2.60 bits per heavy atom. The zero-order chi connectivity index (χ0) is 14.4.